The lowest BCUT2D eigenvalue weighted by molar-refractivity contribution is 0.309. The predicted octanol–water partition coefficient (Wildman–Crippen LogP) is 1.43. The number of likely N-dealkylation sites (tertiary alicyclic amines) is 1. The molecule has 0 saturated carbocycles. The van der Waals surface area contributed by atoms with Crippen molar-refractivity contribution in [3.63, 3.8) is 0 Å². The fourth-order valence-electron chi connectivity index (χ4n) is 2.44. The van der Waals surface area contributed by atoms with Crippen molar-refractivity contribution in [2.24, 2.45) is 0 Å². The minimum absolute atomic E-state index is 0.280. The standard InChI is InChI=1S/C14H22FN3O2S/c1-11-9-12(15)14(10-13(11)16)21(19,20)17(2)7-8-18-5-3-4-6-18/h9-10H,3-8,16H2,1-2H3. The van der Waals surface area contributed by atoms with Crippen molar-refractivity contribution in [1.29, 1.82) is 0 Å². The number of benzene rings is 1. The Labute approximate surface area is 125 Å². The Morgan fingerprint density at radius 1 is 1.33 bits per heavy atom. The van der Waals surface area contributed by atoms with Gasteiger partial charge < -0.3 is 10.6 Å². The lowest BCUT2D eigenvalue weighted by Gasteiger charge is -2.21. The van der Waals surface area contributed by atoms with Crippen LogP contribution in [0.25, 0.3) is 0 Å². The first kappa shape index (κ1) is 16.2. The molecule has 0 amide bonds. The lowest BCUT2D eigenvalue weighted by Crippen LogP contribution is -2.35. The van der Waals surface area contributed by atoms with Crippen LogP contribution in [0.1, 0.15) is 18.4 Å². The summed E-state index contributed by atoms with van der Waals surface area (Å²) in [5.74, 6) is -0.755. The number of halogens is 1. The van der Waals surface area contributed by atoms with E-state index in [1.54, 1.807) is 6.92 Å². The number of nitrogens with zero attached hydrogens (tertiary/aromatic N) is 2. The third-order valence-electron chi connectivity index (χ3n) is 3.94. The fraction of sp³-hybridized carbons (Fsp3) is 0.571. The van der Waals surface area contributed by atoms with Crippen LogP contribution in [0, 0.1) is 12.7 Å². The second-order valence-corrected chi connectivity index (χ2v) is 7.53. The van der Waals surface area contributed by atoms with Gasteiger partial charge in [-0.3, -0.25) is 0 Å². The fourth-order valence-corrected chi connectivity index (χ4v) is 3.68. The molecule has 2 N–H and O–H groups in total. The van der Waals surface area contributed by atoms with E-state index < -0.39 is 15.8 Å². The molecule has 1 fully saturated rings. The Morgan fingerprint density at radius 3 is 2.57 bits per heavy atom. The topological polar surface area (TPSA) is 66.6 Å². The van der Waals surface area contributed by atoms with Crippen molar-refractivity contribution in [3.8, 4) is 0 Å². The normalized spacial score (nSPS) is 16.8. The van der Waals surface area contributed by atoms with Crippen molar-refractivity contribution < 1.29 is 12.8 Å². The molecule has 21 heavy (non-hydrogen) atoms. The predicted molar refractivity (Wildman–Crippen MR) is 81.0 cm³/mol. The van der Waals surface area contributed by atoms with Gasteiger partial charge in [0, 0.05) is 25.8 Å². The molecular formula is C14H22FN3O2S. The summed E-state index contributed by atoms with van der Waals surface area (Å²) in [4.78, 5) is 1.86. The number of hydrogen-bond donors (Lipinski definition) is 1. The van der Waals surface area contributed by atoms with Gasteiger partial charge in [0.05, 0.1) is 0 Å². The van der Waals surface area contributed by atoms with E-state index in [-0.39, 0.29) is 10.6 Å². The van der Waals surface area contributed by atoms with E-state index >= 15 is 0 Å². The number of sulfonamides is 1. The minimum Gasteiger partial charge on any atom is -0.398 e. The maximum Gasteiger partial charge on any atom is 0.245 e. The van der Waals surface area contributed by atoms with Gasteiger partial charge in [0.15, 0.2) is 0 Å². The molecule has 1 aliphatic heterocycles. The third kappa shape index (κ3) is 3.53. The second kappa shape index (κ2) is 6.29. The highest BCUT2D eigenvalue weighted by atomic mass is 32.2. The van der Waals surface area contributed by atoms with Crippen LogP contribution in [0.5, 0.6) is 0 Å². The molecule has 5 nitrogen and oxygen atoms in total. The first-order chi connectivity index (χ1) is 9.82. The van der Waals surface area contributed by atoms with E-state index in [9.17, 15) is 12.8 Å². The van der Waals surface area contributed by atoms with Gasteiger partial charge in [0.25, 0.3) is 0 Å². The maximum atomic E-state index is 14.0. The maximum absolute atomic E-state index is 14.0. The number of nitrogens with two attached hydrogens (primary N) is 1. The molecule has 1 saturated heterocycles. The van der Waals surface area contributed by atoms with Gasteiger partial charge in [-0.05, 0) is 50.6 Å². The monoisotopic (exact) mass is 315 g/mol. The zero-order valence-corrected chi connectivity index (χ0v) is 13.3. The van der Waals surface area contributed by atoms with Crippen LogP contribution in [0.15, 0.2) is 17.0 Å². The quantitative estimate of drug-likeness (QED) is 0.835. The number of rotatable bonds is 5. The molecule has 0 atom stereocenters. The van der Waals surface area contributed by atoms with E-state index in [0.29, 0.717) is 18.7 Å². The molecule has 0 unspecified atom stereocenters. The smallest absolute Gasteiger partial charge is 0.245 e. The number of anilines is 1. The zero-order chi connectivity index (χ0) is 15.6. The first-order valence-corrected chi connectivity index (χ1v) is 8.50. The minimum atomic E-state index is -3.85. The van der Waals surface area contributed by atoms with E-state index in [0.717, 1.165) is 32.0 Å². The van der Waals surface area contributed by atoms with Crippen molar-refractivity contribution in [1.82, 2.24) is 9.21 Å². The summed E-state index contributed by atoms with van der Waals surface area (Å²) in [6.07, 6.45) is 2.30. The molecule has 1 aromatic rings. The number of aryl methyl sites for hydroxylation is 1. The molecule has 0 aliphatic carbocycles. The van der Waals surface area contributed by atoms with Crippen LogP contribution >= 0.6 is 0 Å². The number of likely N-dealkylation sites (N-methyl/N-ethyl adjacent to an activating group) is 1. The molecule has 0 aromatic heterocycles. The van der Waals surface area contributed by atoms with Gasteiger partial charge in [0.1, 0.15) is 10.7 Å². The first-order valence-electron chi connectivity index (χ1n) is 7.06. The Kier molecular flexibility index (Phi) is 4.85. The average molecular weight is 315 g/mol. The van der Waals surface area contributed by atoms with Crippen LogP contribution < -0.4 is 5.73 Å². The summed E-state index contributed by atoms with van der Waals surface area (Å²) in [5.41, 5.74) is 6.52. The van der Waals surface area contributed by atoms with E-state index in [2.05, 4.69) is 4.90 Å². The molecule has 2 rings (SSSR count). The Balaban J connectivity index is 2.14. The molecule has 0 radical (unpaired) electrons. The molecule has 0 spiro atoms. The summed E-state index contributed by atoms with van der Waals surface area (Å²) >= 11 is 0. The van der Waals surface area contributed by atoms with E-state index in [1.165, 1.54) is 17.4 Å². The molecule has 1 heterocycles. The van der Waals surface area contributed by atoms with Crippen LogP contribution in [0.3, 0.4) is 0 Å². The molecular weight excluding hydrogens is 293 g/mol. The highest BCUT2D eigenvalue weighted by Gasteiger charge is 2.26. The Bertz CT molecular complexity index is 613. The number of nitrogen functional groups attached to an aromatic ring is 1. The van der Waals surface area contributed by atoms with Gasteiger partial charge in [0.2, 0.25) is 10.0 Å². The number of hydrogen-bond acceptors (Lipinski definition) is 4. The van der Waals surface area contributed by atoms with Gasteiger partial charge in [-0.15, -0.1) is 0 Å². The molecule has 1 aromatic carbocycles. The van der Waals surface area contributed by atoms with Crippen molar-refractivity contribution in [3.05, 3.63) is 23.5 Å². The van der Waals surface area contributed by atoms with Crippen LogP contribution in [0.2, 0.25) is 0 Å². The lowest BCUT2D eigenvalue weighted by atomic mass is 10.2. The molecule has 1 aliphatic rings. The van der Waals surface area contributed by atoms with Gasteiger partial charge >= 0.3 is 0 Å². The van der Waals surface area contributed by atoms with Gasteiger partial charge in [-0.25, -0.2) is 12.8 Å². The molecule has 0 bridgehead atoms. The van der Waals surface area contributed by atoms with Crippen LogP contribution in [-0.4, -0.2) is 50.8 Å². The highest BCUT2D eigenvalue weighted by Crippen LogP contribution is 2.23. The average Bonchev–Trinajstić information content (AvgIpc) is 2.93. The summed E-state index contributed by atoms with van der Waals surface area (Å²) in [6, 6.07) is 2.36. The Morgan fingerprint density at radius 2 is 1.95 bits per heavy atom. The Hall–Kier alpha value is -1.18. The van der Waals surface area contributed by atoms with Crippen molar-refractivity contribution in [2.45, 2.75) is 24.7 Å². The summed E-state index contributed by atoms with van der Waals surface area (Å²) in [7, 11) is -2.38. The second-order valence-electron chi connectivity index (χ2n) is 5.51. The highest BCUT2D eigenvalue weighted by molar-refractivity contribution is 7.89. The zero-order valence-electron chi connectivity index (χ0n) is 12.5. The largest absolute Gasteiger partial charge is 0.398 e. The van der Waals surface area contributed by atoms with Crippen molar-refractivity contribution >= 4 is 15.7 Å². The van der Waals surface area contributed by atoms with Crippen LogP contribution in [-0.2, 0) is 10.0 Å². The van der Waals surface area contributed by atoms with Gasteiger partial charge in [-0.2, -0.15) is 4.31 Å². The molecule has 118 valence electrons. The summed E-state index contributed by atoms with van der Waals surface area (Å²) in [6.45, 7) is 4.65. The van der Waals surface area contributed by atoms with Gasteiger partial charge in [-0.1, -0.05) is 0 Å². The van der Waals surface area contributed by atoms with Crippen LogP contribution in [0.4, 0.5) is 10.1 Å². The SMILES string of the molecule is Cc1cc(F)c(S(=O)(=O)N(C)CCN2CCCC2)cc1N. The molecule has 7 heteroatoms. The summed E-state index contributed by atoms with van der Waals surface area (Å²) < 4.78 is 40.0. The van der Waals surface area contributed by atoms with Crippen molar-refractivity contribution in [2.75, 3.05) is 39.0 Å². The van der Waals surface area contributed by atoms with E-state index in [1.807, 2.05) is 0 Å². The summed E-state index contributed by atoms with van der Waals surface area (Å²) in [5, 5.41) is 0. The third-order valence-corrected chi connectivity index (χ3v) is 5.81. The van der Waals surface area contributed by atoms with E-state index in [4.69, 9.17) is 5.73 Å².